The molecule has 3 unspecified atom stereocenters. The minimum atomic E-state index is 0.277. The predicted molar refractivity (Wildman–Crippen MR) is 110 cm³/mol. The van der Waals surface area contributed by atoms with Gasteiger partial charge in [0.25, 0.3) is 0 Å². The molecule has 0 amide bonds. The fourth-order valence-corrected chi connectivity index (χ4v) is 4.82. The Labute approximate surface area is 170 Å². The maximum Gasteiger partial charge on any atom is 0.125 e. The van der Waals surface area contributed by atoms with Crippen molar-refractivity contribution in [2.45, 2.75) is 31.8 Å². The summed E-state index contributed by atoms with van der Waals surface area (Å²) >= 11 is 0. The smallest absolute Gasteiger partial charge is 0.125 e. The molecule has 2 aliphatic rings. The second-order valence-corrected chi connectivity index (χ2v) is 8.12. The Morgan fingerprint density at radius 1 is 1.17 bits per heavy atom. The molecule has 2 N–H and O–H groups in total. The quantitative estimate of drug-likeness (QED) is 0.690. The van der Waals surface area contributed by atoms with E-state index in [0.29, 0.717) is 12.0 Å². The molecule has 0 spiro atoms. The van der Waals surface area contributed by atoms with Gasteiger partial charge < -0.3 is 4.74 Å². The van der Waals surface area contributed by atoms with Crippen molar-refractivity contribution < 1.29 is 9.37 Å². The van der Waals surface area contributed by atoms with Crippen LogP contribution in [-0.4, -0.2) is 42.0 Å². The standard InChI is InChI=1S/C22H27N5O2/c1-14-21(26-29-25-14)20-4-3-9-27(20)13-18-12-23-24-22(18)17-6-5-16-11-19(28-2)8-7-15(16)10-17/h5-8,10-11,18,20,22-24H,3-4,9,12-13H2,1-2H3. The Morgan fingerprint density at radius 2 is 2.03 bits per heavy atom. The number of hydrazine groups is 1. The molecule has 2 fully saturated rings. The molecule has 1 aromatic heterocycles. The summed E-state index contributed by atoms with van der Waals surface area (Å²) in [6, 6.07) is 13.5. The van der Waals surface area contributed by atoms with Crippen LogP contribution >= 0.6 is 0 Å². The number of ether oxygens (including phenoxy) is 1. The second kappa shape index (κ2) is 7.74. The number of likely N-dealkylation sites (tertiary alicyclic amines) is 1. The van der Waals surface area contributed by atoms with Crippen LogP contribution in [0.4, 0.5) is 0 Å². The monoisotopic (exact) mass is 393 g/mol. The number of nitrogens with zero attached hydrogens (tertiary/aromatic N) is 3. The van der Waals surface area contributed by atoms with Gasteiger partial charge in [0.2, 0.25) is 0 Å². The highest BCUT2D eigenvalue weighted by Crippen LogP contribution is 2.36. The molecule has 2 aliphatic heterocycles. The van der Waals surface area contributed by atoms with Crippen molar-refractivity contribution in [3.63, 3.8) is 0 Å². The third kappa shape index (κ3) is 3.50. The van der Waals surface area contributed by atoms with Gasteiger partial charge in [-0.3, -0.25) is 10.3 Å². The number of nitrogens with one attached hydrogen (secondary N) is 2. The number of rotatable bonds is 5. The van der Waals surface area contributed by atoms with Gasteiger partial charge in [-0.2, -0.15) is 0 Å². The first-order chi connectivity index (χ1) is 14.2. The Bertz CT molecular complexity index is 1000. The average molecular weight is 393 g/mol. The molecular formula is C22H27N5O2. The number of methoxy groups -OCH3 is 1. The molecule has 3 aromatic rings. The van der Waals surface area contributed by atoms with Gasteiger partial charge in [0.15, 0.2) is 0 Å². The molecule has 2 aromatic carbocycles. The predicted octanol–water partition coefficient (Wildman–Crippen LogP) is 3.14. The summed E-state index contributed by atoms with van der Waals surface area (Å²) in [4.78, 5) is 2.55. The number of fused-ring (bicyclic) bond motifs is 1. The van der Waals surface area contributed by atoms with Gasteiger partial charge in [-0.25, -0.2) is 10.1 Å². The van der Waals surface area contributed by atoms with Crippen LogP contribution in [0, 0.1) is 12.8 Å². The van der Waals surface area contributed by atoms with Crippen LogP contribution in [0.5, 0.6) is 5.75 Å². The Morgan fingerprint density at radius 3 is 2.86 bits per heavy atom. The Kier molecular flexibility index (Phi) is 4.95. The van der Waals surface area contributed by atoms with Gasteiger partial charge in [-0.15, -0.1) is 0 Å². The van der Waals surface area contributed by atoms with Gasteiger partial charge in [0.1, 0.15) is 17.1 Å². The van der Waals surface area contributed by atoms with Gasteiger partial charge >= 0.3 is 0 Å². The van der Waals surface area contributed by atoms with Crippen LogP contribution in [0.1, 0.15) is 41.9 Å². The van der Waals surface area contributed by atoms with Crippen molar-refractivity contribution >= 4 is 10.8 Å². The van der Waals surface area contributed by atoms with Crippen molar-refractivity contribution in [2.75, 3.05) is 26.7 Å². The van der Waals surface area contributed by atoms with E-state index in [1.54, 1.807) is 7.11 Å². The number of hydrogen-bond acceptors (Lipinski definition) is 7. The number of hydrogen-bond donors (Lipinski definition) is 2. The summed E-state index contributed by atoms with van der Waals surface area (Å²) in [6.07, 6.45) is 2.30. The maximum atomic E-state index is 5.35. The van der Waals surface area contributed by atoms with Crippen LogP contribution in [0.15, 0.2) is 41.0 Å². The lowest BCUT2D eigenvalue weighted by atomic mass is 9.92. The summed E-state index contributed by atoms with van der Waals surface area (Å²) in [5.74, 6) is 1.37. The fraction of sp³-hybridized carbons (Fsp3) is 0.455. The fourth-order valence-electron chi connectivity index (χ4n) is 4.82. The van der Waals surface area contributed by atoms with Gasteiger partial charge in [0.05, 0.1) is 19.2 Å². The molecule has 3 heterocycles. The summed E-state index contributed by atoms with van der Waals surface area (Å²) in [7, 11) is 1.70. The molecule has 3 atom stereocenters. The Balaban J connectivity index is 1.36. The topological polar surface area (TPSA) is 75.5 Å². The summed E-state index contributed by atoms with van der Waals surface area (Å²) < 4.78 is 10.3. The molecule has 0 saturated carbocycles. The average Bonchev–Trinajstić information content (AvgIpc) is 3.49. The highest BCUT2D eigenvalue weighted by atomic mass is 16.6. The number of aryl methyl sites for hydroxylation is 1. The van der Waals surface area contributed by atoms with Crippen LogP contribution in [-0.2, 0) is 0 Å². The molecule has 0 bridgehead atoms. The van der Waals surface area contributed by atoms with Crippen molar-refractivity contribution in [2.24, 2.45) is 5.92 Å². The van der Waals surface area contributed by atoms with E-state index in [-0.39, 0.29) is 6.04 Å². The normalized spacial score (nSPS) is 25.1. The van der Waals surface area contributed by atoms with Gasteiger partial charge in [0, 0.05) is 19.0 Å². The lowest BCUT2D eigenvalue weighted by molar-refractivity contribution is 0.201. The molecule has 29 heavy (non-hydrogen) atoms. The molecule has 0 aliphatic carbocycles. The van der Waals surface area contributed by atoms with E-state index in [2.05, 4.69) is 56.4 Å². The van der Waals surface area contributed by atoms with E-state index in [4.69, 9.17) is 9.37 Å². The highest BCUT2D eigenvalue weighted by Gasteiger charge is 2.36. The molecule has 2 saturated heterocycles. The number of aromatic nitrogens is 2. The molecule has 5 rings (SSSR count). The minimum Gasteiger partial charge on any atom is -0.497 e. The van der Waals surface area contributed by atoms with Crippen molar-refractivity contribution in [1.82, 2.24) is 26.1 Å². The minimum absolute atomic E-state index is 0.277. The van der Waals surface area contributed by atoms with Crippen molar-refractivity contribution in [3.8, 4) is 5.75 Å². The third-order valence-electron chi connectivity index (χ3n) is 6.36. The first kappa shape index (κ1) is 18.5. The lowest BCUT2D eigenvalue weighted by Gasteiger charge is -2.28. The number of benzene rings is 2. The first-order valence-corrected chi connectivity index (χ1v) is 10.3. The van der Waals surface area contributed by atoms with Crippen LogP contribution in [0.25, 0.3) is 10.8 Å². The lowest BCUT2D eigenvalue weighted by Crippen LogP contribution is -2.33. The zero-order chi connectivity index (χ0) is 19.8. The van der Waals surface area contributed by atoms with Crippen LogP contribution in [0.3, 0.4) is 0 Å². The highest BCUT2D eigenvalue weighted by molar-refractivity contribution is 5.84. The van der Waals surface area contributed by atoms with E-state index in [0.717, 1.165) is 43.2 Å². The van der Waals surface area contributed by atoms with Crippen molar-refractivity contribution in [3.05, 3.63) is 53.3 Å². The third-order valence-corrected chi connectivity index (χ3v) is 6.36. The van der Waals surface area contributed by atoms with E-state index in [1.807, 2.05) is 13.0 Å². The Hall–Kier alpha value is -2.48. The molecule has 7 nitrogen and oxygen atoms in total. The molecular weight excluding hydrogens is 366 g/mol. The molecule has 0 radical (unpaired) electrons. The summed E-state index contributed by atoms with van der Waals surface area (Å²) in [5, 5.41) is 10.6. The van der Waals surface area contributed by atoms with Gasteiger partial charge in [-0.05, 0) is 60.8 Å². The zero-order valence-corrected chi connectivity index (χ0v) is 16.9. The molecule has 7 heteroatoms. The zero-order valence-electron chi connectivity index (χ0n) is 16.9. The second-order valence-electron chi connectivity index (χ2n) is 8.12. The van der Waals surface area contributed by atoms with E-state index in [1.165, 1.54) is 22.8 Å². The van der Waals surface area contributed by atoms with Gasteiger partial charge in [-0.1, -0.05) is 28.5 Å². The SMILES string of the molecule is COc1ccc2cc(C3NNCC3CN3CCCC3c3nonc3C)ccc2c1. The van der Waals surface area contributed by atoms with E-state index in [9.17, 15) is 0 Å². The largest absolute Gasteiger partial charge is 0.497 e. The summed E-state index contributed by atoms with van der Waals surface area (Å²) in [5.41, 5.74) is 10.1. The maximum absolute atomic E-state index is 5.35. The van der Waals surface area contributed by atoms with Crippen LogP contribution < -0.4 is 15.6 Å². The molecule has 152 valence electrons. The van der Waals surface area contributed by atoms with Crippen molar-refractivity contribution in [1.29, 1.82) is 0 Å². The summed E-state index contributed by atoms with van der Waals surface area (Å²) in [6.45, 7) is 5.04. The van der Waals surface area contributed by atoms with E-state index < -0.39 is 0 Å². The first-order valence-electron chi connectivity index (χ1n) is 10.3. The van der Waals surface area contributed by atoms with Crippen LogP contribution in [0.2, 0.25) is 0 Å². The van der Waals surface area contributed by atoms with E-state index >= 15 is 0 Å².